The molecule has 0 spiro atoms. The van der Waals surface area contributed by atoms with E-state index in [1.165, 1.54) is 0 Å². The van der Waals surface area contributed by atoms with E-state index >= 15 is 0 Å². The Labute approximate surface area is 122 Å². The Bertz CT molecular complexity index is 710. The molecular formula is C15H17N5O. The lowest BCUT2D eigenvalue weighted by atomic mass is 10.0. The summed E-state index contributed by atoms with van der Waals surface area (Å²) in [6.45, 7) is 5.31. The average Bonchev–Trinajstić information content (AvgIpc) is 2.84. The minimum Gasteiger partial charge on any atom is -0.322 e. The molecule has 108 valence electrons. The molecule has 0 bridgehead atoms. The van der Waals surface area contributed by atoms with Gasteiger partial charge in [0.15, 0.2) is 5.82 Å². The Morgan fingerprint density at radius 3 is 2.76 bits per heavy atom. The smallest absolute Gasteiger partial charge is 0.251 e. The lowest BCUT2D eigenvalue weighted by molar-refractivity contribution is -0.112. The molecule has 1 saturated heterocycles. The minimum absolute atomic E-state index is 0.0604. The van der Waals surface area contributed by atoms with Gasteiger partial charge in [-0.25, -0.2) is 4.98 Å². The quantitative estimate of drug-likeness (QED) is 0.748. The van der Waals surface area contributed by atoms with Crippen molar-refractivity contribution in [3.05, 3.63) is 41.2 Å². The highest BCUT2D eigenvalue weighted by Crippen LogP contribution is 2.20. The highest BCUT2D eigenvalue weighted by Gasteiger charge is 2.16. The number of nitrogens with one attached hydrogen (secondary N) is 3. The van der Waals surface area contributed by atoms with Crippen LogP contribution in [0.3, 0.4) is 0 Å². The van der Waals surface area contributed by atoms with Gasteiger partial charge in [-0.1, -0.05) is 12.1 Å². The first-order chi connectivity index (χ1) is 10.1. The van der Waals surface area contributed by atoms with Crippen LogP contribution in [0, 0.1) is 6.92 Å². The molecule has 1 aromatic heterocycles. The molecule has 0 unspecified atom stereocenters. The maximum atomic E-state index is 12.2. The van der Waals surface area contributed by atoms with Gasteiger partial charge in [-0.3, -0.25) is 9.89 Å². The fourth-order valence-corrected chi connectivity index (χ4v) is 2.11. The molecule has 3 rings (SSSR count). The van der Waals surface area contributed by atoms with Crippen LogP contribution in [-0.4, -0.2) is 34.2 Å². The molecule has 21 heavy (non-hydrogen) atoms. The first kappa shape index (κ1) is 13.5. The van der Waals surface area contributed by atoms with Crippen molar-refractivity contribution in [3.8, 4) is 11.4 Å². The standard InChI is InChI=1S/C15H17N5O/c1-9(12-7-16-8-12)15(21)18-13-5-3-4-11(6-13)14-17-10(2)19-20-14/h3-6,16H,7-8H2,1-2H3,(H,18,21)(H,17,19,20). The highest BCUT2D eigenvalue weighted by atomic mass is 16.1. The predicted octanol–water partition coefficient (Wildman–Crippen LogP) is 1.64. The average molecular weight is 283 g/mol. The number of benzene rings is 1. The third kappa shape index (κ3) is 2.85. The molecule has 1 amide bonds. The van der Waals surface area contributed by atoms with E-state index < -0.39 is 0 Å². The van der Waals surface area contributed by atoms with Gasteiger partial charge >= 0.3 is 0 Å². The van der Waals surface area contributed by atoms with E-state index in [1.807, 2.05) is 38.1 Å². The Balaban J connectivity index is 1.79. The lowest BCUT2D eigenvalue weighted by Crippen LogP contribution is -2.36. The third-order valence-electron chi connectivity index (χ3n) is 3.52. The van der Waals surface area contributed by atoms with Gasteiger partial charge in [-0.15, -0.1) is 0 Å². The van der Waals surface area contributed by atoms with Crippen molar-refractivity contribution in [1.82, 2.24) is 20.5 Å². The number of H-pyrrole nitrogens is 1. The molecule has 1 aliphatic heterocycles. The zero-order valence-electron chi connectivity index (χ0n) is 12.0. The number of nitrogens with zero attached hydrogens (tertiary/aromatic N) is 2. The molecule has 6 heteroatoms. The van der Waals surface area contributed by atoms with Gasteiger partial charge in [0.05, 0.1) is 0 Å². The summed E-state index contributed by atoms with van der Waals surface area (Å²) < 4.78 is 0. The van der Waals surface area contributed by atoms with Crippen LogP contribution >= 0.6 is 0 Å². The molecule has 1 fully saturated rings. The molecular weight excluding hydrogens is 266 g/mol. The number of rotatable bonds is 3. The van der Waals surface area contributed by atoms with E-state index in [2.05, 4.69) is 25.8 Å². The van der Waals surface area contributed by atoms with Crippen molar-refractivity contribution < 1.29 is 4.79 Å². The van der Waals surface area contributed by atoms with Gasteiger partial charge < -0.3 is 10.6 Å². The summed E-state index contributed by atoms with van der Waals surface area (Å²) in [4.78, 5) is 16.5. The van der Waals surface area contributed by atoms with Crippen LogP contribution in [0.2, 0.25) is 0 Å². The van der Waals surface area contributed by atoms with E-state index in [-0.39, 0.29) is 5.91 Å². The molecule has 6 nitrogen and oxygen atoms in total. The molecule has 3 N–H and O–H groups in total. The van der Waals surface area contributed by atoms with Crippen LogP contribution in [0.5, 0.6) is 0 Å². The summed E-state index contributed by atoms with van der Waals surface area (Å²) in [5.74, 6) is 1.33. The summed E-state index contributed by atoms with van der Waals surface area (Å²) in [6, 6.07) is 7.53. The number of aromatic nitrogens is 3. The van der Waals surface area contributed by atoms with Crippen LogP contribution in [0.1, 0.15) is 12.7 Å². The van der Waals surface area contributed by atoms with Crippen LogP contribution < -0.4 is 10.6 Å². The van der Waals surface area contributed by atoms with E-state index in [1.54, 1.807) is 0 Å². The number of hydrogen-bond donors (Lipinski definition) is 3. The lowest BCUT2D eigenvalue weighted by Gasteiger charge is -2.21. The van der Waals surface area contributed by atoms with Crippen LogP contribution in [-0.2, 0) is 4.79 Å². The predicted molar refractivity (Wildman–Crippen MR) is 80.8 cm³/mol. The molecule has 0 radical (unpaired) electrons. The van der Waals surface area contributed by atoms with Crippen molar-refractivity contribution in [3.63, 3.8) is 0 Å². The summed E-state index contributed by atoms with van der Waals surface area (Å²) in [5.41, 5.74) is 3.56. The van der Waals surface area contributed by atoms with Crippen molar-refractivity contribution >= 4 is 11.6 Å². The number of anilines is 1. The molecule has 0 aliphatic carbocycles. The fraction of sp³-hybridized carbons (Fsp3) is 0.267. The van der Waals surface area contributed by atoms with Gasteiger partial charge in [0.25, 0.3) is 5.91 Å². The highest BCUT2D eigenvalue weighted by molar-refractivity contribution is 6.04. The zero-order valence-corrected chi connectivity index (χ0v) is 12.0. The van der Waals surface area contributed by atoms with Gasteiger partial charge in [0.2, 0.25) is 0 Å². The second-order valence-corrected chi connectivity index (χ2v) is 5.11. The number of amides is 1. The molecule has 1 aliphatic rings. The second-order valence-electron chi connectivity index (χ2n) is 5.11. The maximum absolute atomic E-state index is 12.2. The Hall–Kier alpha value is -2.47. The summed E-state index contributed by atoms with van der Waals surface area (Å²) >= 11 is 0. The van der Waals surface area contributed by atoms with E-state index in [0.717, 1.165) is 41.3 Å². The fourth-order valence-electron chi connectivity index (χ4n) is 2.11. The number of carbonyl (C=O) groups excluding carboxylic acids is 1. The molecule has 1 aromatic carbocycles. The molecule has 2 heterocycles. The SMILES string of the molecule is CC(C(=O)Nc1cccc(-c2n[nH]c(C)n2)c1)=C1CNC1. The Morgan fingerprint density at radius 2 is 2.14 bits per heavy atom. The normalized spacial score (nSPS) is 13.7. The maximum Gasteiger partial charge on any atom is 0.251 e. The first-order valence-corrected chi connectivity index (χ1v) is 6.83. The van der Waals surface area contributed by atoms with Crippen LogP contribution in [0.25, 0.3) is 11.4 Å². The molecule has 2 aromatic rings. The van der Waals surface area contributed by atoms with Gasteiger partial charge in [-0.05, 0) is 31.6 Å². The molecule has 0 saturated carbocycles. The van der Waals surface area contributed by atoms with Crippen molar-refractivity contribution in [1.29, 1.82) is 0 Å². The zero-order chi connectivity index (χ0) is 14.8. The number of hydrogen-bond acceptors (Lipinski definition) is 4. The largest absolute Gasteiger partial charge is 0.322 e. The summed E-state index contributed by atoms with van der Waals surface area (Å²) in [7, 11) is 0. The van der Waals surface area contributed by atoms with Crippen molar-refractivity contribution in [2.45, 2.75) is 13.8 Å². The van der Waals surface area contributed by atoms with Crippen LogP contribution in [0.15, 0.2) is 35.4 Å². The van der Waals surface area contributed by atoms with Gasteiger partial charge in [0, 0.05) is 29.9 Å². The van der Waals surface area contributed by atoms with E-state index in [4.69, 9.17) is 0 Å². The second kappa shape index (κ2) is 5.49. The van der Waals surface area contributed by atoms with Crippen molar-refractivity contribution in [2.75, 3.05) is 18.4 Å². The van der Waals surface area contributed by atoms with Gasteiger partial charge in [-0.2, -0.15) is 5.10 Å². The number of aromatic amines is 1. The van der Waals surface area contributed by atoms with Crippen molar-refractivity contribution in [2.24, 2.45) is 0 Å². The topological polar surface area (TPSA) is 82.7 Å². The Morgan fingerprint density at radius 1 is 1.33 bits per heavy atom. The number of aryl methyl sites for hydroxylation is 1. The summed E-state index contributed by atoms with van der Waals surface area (Å²) in [5, 5.41) is 13.0. The van der Waals surface area contributed by atoms with E-state index in [9.17, 15) is 4.79 Å². The Kier molecular flexibility index (Phi) is 3.53. The molecule has 0 atom stereocenters. The number of carbonyl (C=O) groups is 1. The van der Waals surface area contributed by atoms with E-state index in [0.29, 0.717) is 5.82 Å². The first-order valence-electron chi connectivity index (χ1n) is 6.83. The monoisotopic (exact) mass is 283 g/mol. The van der Waals surface area contributed by atoms with Gasteiger partial charge in [0.1, 0.15) is 5.82 Å². The minimum atomic E-state index is -0.0604. The summed E-state index contributed by atoms with van der Waals surface area (Å²) in [6.07, 6.45) is 0. The third-order valence-corrected chi connectivity index (χ3v) is 3.52. The van der Waals surface area contributed by atoms with Crippen LogP contribution in [0.4, 0.5) is 5.69 Å².